The minimum Gasteiger partial charge on any atom is -0.487 e. The zero-order valence-electron chi connectivity index (χ0n) is 18.9. The van der Waals surface area contributed by atoms with Crippen LogP contribution in [0.3, 0.4) is 0 Å². The Balaban J connectivity index is 1.56. The summed E-state index contributed by atoms with van der Waals surface area (Å²) in [4.78, 5) is 22.0. The molecule has 0 saturated carbocycles. The third kappa shape index (κ3) is 5.22. The molecule has 1 amide bonds. The Bertz CT molecular complexity index is 1120. The van der Waals surface area contributed by atoms with Gasteiger partial charge in [0.25, 0.3) is 5.91 Å². The number of hydrogen-bond acceptors (Lipinski definition) is 4. The van der Waals surface area contributed by atoms with Gasteiger partial charge in [-0.05, 0) is 68.3 Å². The average molecular weight is 428 g/mol. The monoisotopic (exact) mass is 427 g/mol. The largest absolute Gasteiger partial charge is 0.487 e. The summed E-state index contributed by atoms with van der Waals surface area (Å²) in [6, 6.07) is 19.7. The molecule has 1 aromatic heterocycles. The van der Waals surface area contributed by atoms with Crippen molar-refractivity contribution in [2.45, 2.75) is 45.6 Å². The first-order valence-electron chi connectivity index (χ1n) is 11.1. The van der Waals surface area contributed by atoms with E-state index in [0.29, 0.717) is 24.9 Å². The number of rotatable bonds is 6. The molecule has 1 aliphatic heterocycles. The number of ether oxygens (including phenoxy) is 1. The first-order chi connectivity index (χ1) is 15.4. The van der Waals surface area contributed by atoms with Crippen LogP contribution in [0.25, 0.3) is 0 Å². The zero-order chi connectivity index (χ0) is 22.6. The van der Waals surface area contributed by atoms with E-state index in [4.69, 9.17) is 9.73 Å². The molecule has 5 heteroatoms. The minimum atomic E-state index is -0.359. The fraction of sp³-hybridized carbons (Fsp3) is 0.296. The van der Waals surface area contributed by atoms with Gasteiger partial charge in [0.15, 0.2) is 0 Å². The van der Waals surface area contributed by atoms with Gasteiger partial charge < -0.3 is 10.1 Å². The van der Waals surface area contributed by atoms with Crippen LogP contribution >= 0.6 is 0 Å². The number of hydrogen-bond donors (Lipinski definition) is 1. The highest BCUT2D eigenvalue weighted by atomic mass is 16.5. The van der Waals surface area contributed by atoms with Gasteiger partial charge in [0, 0.05) is 42.4 Å². The van der Waals surface area contributed by atoms with Crippen LogP contribution in [-0.2, 0) is 12.8 Å². The molecule has 1 N–H and O–H groups in total. The molecule has 0 fully saturated rings. The van der Waals surface area contributed by atoms with Gasteiger partial charge in [0.2, 0.25) is 0 Å². The molecule has 5 nitrogen and oxygen atoms in total. The van der Waals surface area contributed by atoms with Crippen LogP contribution in [-0.4, -0.2) is 28.7 Å². The number of aromatic nitrogens is 1. The molecule has 4 rings (SSSR count). The summed E-state index contributed by atoms with van der Waals surface area (Å²) in [5.74, 6) is 0.649. The van der Waals surface area contributed by atoms with E-state index in [0.717, 1.165) is 34.8 Å². The van der Waals surface area contributed by atoms with Crippen molar-refractivity contribution < 1.29 is 9.53 Å². The number of amides is 1. The van der Waals surface area contributed by atoms with Gasteiger partial charge in [0.1, 0.15) is 11.4 Å². The van der Waals surface area contributed by atoms with Gasteiger partial charge in [-0.2, -0.15) is 0 Å². The van der Waals surface area contributed by atoms with Crippen LogP contribution in [0.4, 0.5) is 5.69 Å². The van der Waals surface area contributed by atoms with E-state index in [1.165, 1.54) is 5.56 Å². The fourth-order valence-electron chi connectivity index (χ4n) is 3.83. The van der Waals surface area contributed by atoms with Crippen molar-refractivity contribution in [3.05, 3.63) is 89.2 Å². The summed E-state index contributed by atoms with van der Waals surface area (Å²) in [5.41, 5.74) is 5.20. The molecule has 0 spiro atoms. The Kier molecular flexibility index (Phi) is 6.35. The fourth-order valence-corrected chi connectivity index (χ4v) is 3.83. The summed E-state index contributed by atoms with van der Waals surface area (Å²) < 4.78 is 6.18. The molecule has 1 aliphatic rings. The number of fused-ring (bicyclic) bond motifs is 1. The van der Waals surface area contributed by atoms with E-state index >= 15 is 0 Å². The molecule has 2 aromatic carbocycles. The van der Waals surface area contributed by atoms with Crippen molar-refractivity contribution in [3.63, 3.8) is 0 Å². The first-order valence-corrected chi connectivity index (χ1v) is 11.1. The topological polar surface area (TPSA) is 63.6 Å². The van der Waals surface area contributed by atoms with Gasteiger partial charge in [-0.1, -0.05) is 25.1 Å². The highest BCUT2D eigenvalue weighted by Crippen LogP contribution is 2.35. The lowest BCUT2D eigenvalue weighted by Gasteiger charge is -2.33. The Labute approximate surface area is 189 Å². The number of nitrogens with zero attached hydrogens (tertiary/aromatic N) is 2. The van der Waals surface area contributed by atoms with Crippen LogP contribution in [0.15, 0.2) is 71.9 Å². The highest BCUT2D eigenvalue weighted by molar-refractivity contribution is 6.07. The lowest BCUT2D eigenvalue weighted by molar-refractivity contribution is 0.0953. The van der Waals surface area contributed by atoms with Gasteiger partial charge in [-0.15, -0.1) is 0 Å². The van der Waals surface area contributed by atoms with E-state index < -0.39 is 0 Å². The number of aryl methyl sites for hydroxylation is 1. The molecule has 3 aromatic rings. The number of carbonyl (C=O) groups is 1. The van der Waals surface area contributed by atoms with Gasteiger partial charge in [-0.25, -0.2) is 0 Å². The van der Waals surface area contributed by atoms with Crippen LogP contribution in [0, 0.1) is 0 Å². The van der Waals surface area contributed by atoms with Crippen LogP contribution in [0.1, 0.15) is 54.4 Å². The molecule has 0 aliphatic carbocycles. The maximum absolute atomic E-state index is 12.8. The lowest BCUT2D eigenvalue weighted by atomic mass is 9.91. The van der Waals surface area contributed by atoms with Crippen molar-refractivity contribution in [3.8, 4) is 5.75 Å². The predicted octanol–water partition coefficient (Wildman–Crippen LogP) is 5.30. The number of carbonyl (C=O) groups excluding carboxylic acids is 1. The second kappa shape index (κ2) is 9.35. The van der Waals surface area contributed by atoms with E-state index in [1.807, 2.05) is 48.5 Å². The van der Waals surface area contributed by atoms with Crippen LogP contribution in [0.2, 0.25) is 0 Å². The predicted molar refractivity (Wildman–Crippen MR) is 128 cm³/mol. The van der Waals surface area contributed by atoms with Gasteiger partial charge >= 0.3 is 0 Å². The van der Waals surface area contributed by atoms with Crippen LogP contribution in [0.5, 0.6) is 5.75 Å². The third-order valence-electron chi connectivity index (χ3n) is 5.53. The Morgan fingerprint density at radius 2 is 1.94 bits per heavy atom. The van der Waals surface area contributed by atoms with Crippen molar-refractivity contribution in [2.24, 2.45) is 4.99 Å². The molecule has 164 valence electrons. The maximum Gasteiger partial charge on any atom is 0.251 e. The van der Waals surface area contributed by atoms with E-state index in [1.54, 1.807) is 6.20 Å². The maximum atomic E-state index is 12.8. The summed E-state index contributed by atoms with van der Waals surface area (Å²) >= 11 is 0. The Morgan fingerprint density at radius 3 is 2.66 bits per heavy atom. The number of pyridine rings is 1. The summed E-state index contributed by atoms with van der Waals surface area (Å²) in [5, 5.41) is 2.99. The average Bonchev–Trinajstić information content (AvgIpc) is 2.79. The number of benzene rings is 2. The van der Waals surface area contributed by atoms with Crippen molar-refractivity contribution >= 4 is 17.3 Å². The molecule has 0 atom stereocenters. The summed E-state index contributed by atoms with van der Waals surface area (Å²) in [6.45, 7) is 6.79. The Hall–Kier alpha value is -3.47. The lowest BCUT2D eigenvalue weighted by Crippen LogP contribution is -2.36. The molecule has 2 heterocycles. The normalized spacial score (nSPS) is 15.7. The molecule has 0 radical (unpaired) electrons. The molecular weight excluding hydrogens is 398 g/mol. The molecule has 0 saturated heterocycles. The quantitative estimate of drug-likeness (QED) is 0.581. The minimum absolute atomic E-state index is 0.111. The smallest absolute Gasteiger partial charge is 0.251 e. The SMILES string of the molecule is CCc1ccc(N=C2CC(C)(C)Oc3ccc(C(=O)NCCc4ccccn4)cc32)cc1. The van der Waals surface area contributed by atoms with Crippen LogP contribution < -0.4 is 10.1 Å². The third-order valence-corrected chi connectivity index (χ3v) is 5.53. The molecule has 0 bridgehead atoms. The molecule has 32 heavy (non-hydrogen) atoms. The Morgan fingerprint density at radius 1 is 1.12 bits per heavy atom. The first kappa shape index (κ1) is 21.8. The van der Waals surface area contributed by atoms with Crippen molar-refractivity contribution in [2.75, 3.05) is 6.54 Å². The second-order valence-corrected chi connectivity index (χ2v) is 8.65. The second-order valence-electron chi connectivity index (χ2n) is 8.65. The van der Waals surface area contributed by atoms with Crippen molar-refractivity contribution in [1.82, 2.24) is 10.3 Å². The van der Waals surface area contributed by atoms with Gasteiger partial charge in [-0.3, -0.25) is 14.8 Å². The highest BCUT2D eigenvalue weighted by Gasteiger charge is 2.31. The van der Waals surface area contributed by atoms with E-state index in [-0.39, 0.29) is 11.5 Å². The number of nitrogens with one attached hydrogen (secondary N) is 1. The standard InChI is InChI=1S/C27H29N3O2/c1-4-19-8-11-22(12-9-19)30-24-18-27(2,3)32-25-13-10-20(17-23(24)25)26(31)29-16-14-21-7-5-6-15-28-21/h5-13,15,17H,4,14,16,18H2,1-3H3,(H,29,31). The van der Waals surface area contributed by atoms with E-state index in [2.05, 4.69) is 43.2 Å². The van der Waals surface area contributed by atoms with Crippen molar-refractivity contribution in [1.29, 1.82) is 0 Å². The number of aliphatic imine (C=N–C) groups is 1. The summed E-state index contributed by atoms with van der Waals surface area (Å²) in [6.07, 6.45) is 4.12. The molecule has 0 unspecified atom stereocenters. The summed E-state index contributed by atoms with van der Waals surface area (Å²) in [7, 11) is 0. The zero-order valence-corrected chi connectivity index (χ0v) is 18.9. The molecular formula is C27H29N3O2. The van der Waals surface area contributed by atoms with E-state index in [9.17, 15) is 4.79 Å². The van der Waals surface area contributed by atoms with Gasteiger partial charge in [0.05, 0.1) is 11.4 Å².